The summed E-state index contributed by atoms with van der Waals surface area (Å²) in [7, 11) is 0. The van der Waals surface area contributed by atoms with Crippen molar-refractivity contribution < 1.29 is 4.79 Å². The number of rotatable bonds is 3. The summed E-state index contributed by atoms with van der Waals surface area (Å²) in [5, 5.41) is 9.79. The third-order valence-corrected chi connectivity index (χ3v) is 7.39. The number of nitrogens with zero attached hydrogens (tertiary/aromatic N) is 5. The molecule has 172 valence electrons. The molecule has 33 heavy (non-hydrogen) atoms. The van der Waals surface area contributed by atoms with Gasteiger partial charge in [0.2, 0.25) is 11.9 Å². The summed E-state index contributed by atoms with van der Waals surface area (Å²) < 4.78 is 0. The van der Waals surface area contributed by atoms with Crippen LogP contribution in [0.25, 0.3) is 6.08 Å². The van der Waals surface area contributed by atoms with Gasteiger partial charge in [-0.25, -0.2) is 9.97 Å². The second-order valence-electron chi connectivity index (χ2n) is 9.41. The van der Waals surface area contributed by atoms with Crippen LogP contribution in [0, 0.1) is 0 Å². The molecular formula is C24H30N8O. The molecule has 2 saturated heterocycles. The highest BCUT2D eigenvalue weighted by Crippen LogP contribution is 2.42. The molecule has 1 saturated carbocycles. The topological polar surface area (TPSA) is 98.3 Å². The smallest absolute Gasteiger partial charge is 0.246 e. The van der Waals surface area contributed by atoms with Gasteiger partial charge < -0.3 is 25.8 Å². The van der Waals surface area contributed by atoms with Gasteiger partial charge in [0.05, 0.1) is 17.4 Å². The lowest BCUT2D eigenvalue weighted by Crippen LogP contribution is -2.69. The minimum absolute atomic E-state index is 0.0476. The number of carbonyl (C=O) groups excluding carboxylic acids is 1. The predicted molar refractivity (Wildman–Crippen MR) is 129 cm³/mol. The fraction of sp³-hybridized carbons (Fsp3) is 0.500. The van der Waals surface area contributed by atoms with Gasteiger partial charge >= 0.3 is 0 Å². The van der Waals surface area contributed by atoms with E-state index in [0.29, 0.717) is 18.3 Å². The number of aromatic nitrogens is 3. The molecule has 6 rings (SSSR count). The van der Waals surface area contributed by atoms with Crippen molar-refractivity contribution in [2.45, 2.75) is 43.7 Å². The molecule has 9 nitrogen and oxygen atoms in total. The quantitative estimate of drug-likeness (QED) is 0.659. The molecule has 1 atom stereocenters. The minimum atomic E-state index is -0.316. The van der Waals surface area contributed by atoms with Crippen LogP contribution in [0.1, 0.15) is 37.7 Å². The summed E-state index contributed by atoms with van der Waals surface area (Å²) in [6, 6.07) is 3.74. The van der Waals surface area contributed by atoms with Crippen LogP contribution in [0.15, 0.2) is 30.6 Å². The van der Waals surface area contributed by atoms with E-state index in [1.54, 1.807) is 0 Å². The van der Waals surface area contributed by atoms with Gasteiger partial charge in [-0.2, -0.15) is 4.98 Å². The molecule has 1 spiro atoms. The molecule has 5 heterocycles. The monoisotopic (exact) mass is 446 g/mol. The molecule has 1 unspecified atom stereocenters. The third kappa shape index (κ3) is 3.70. The SMILES string of the molecule is O=C1NCC2(CCCCC2)N2c3nc(Nc4ccc(N5CCNCC5)cn4)ncc3C=CC12. The van der Waals surface area contributed by atoms with Crippen molar-refractivity contribution in [3.63, 3.8) is 0 Å². The second-order valence-corrected chi connectivity index (χ2v) is 9.41. The van der Waals surface area contributed by atoms with Crippen LogP contribution >= 0.6 is 0 Å². The van der Waals surface area contributed by atoms with Crippen LogP contribution in [0.4, 0.5) is 23.3 Å². The van der Waals surface area contributed by atoms with Crippen molar-refractivity contribution in [2.75, 3.05) is 47.8 Å². The van der Waals surface area contributed by atoms with Crippen molar-refractivity contribution in [1.82, 2.24) is 25.6 Å². The number of nitrogens with one attached hydrogen (secondary N) is 3. The van der Waals surface area contributed by atoms with Gasteiger partial charge in [0.25, 0.3) is 0 Å². The van der Waals surface area contributed by atoms with E-state index in [0.717, 1.165) is 56.1 Å². The van der Waals surface area contributed by atoms with Crippen LogP contribution < -0.4 is 25.8 Å². The van der Waals surface area contributed by atoms with Gasteiger partial charge in [0.1, 0.15) is 17.7 Å². The van der Waals surface area contributed by atoms with E-state index in [2.05, 4.69) is 41.8 Å². The van der Waals surface area contributed by atoms with Crippen molar-refractivity contribution in [3.8, 4) is 0 Å². The summed E-state index contributed by atoms with van der Waals surface area (Å²) in [6.45, 7) is 4.64. The fourth-order valence-electron chi connectivity index (χ4n) is 5.64. The van der Waals surface area contributed by atoms with Crippen LogP contribution in [-0.2, 0) is 4.79 Å². The Balaban J connectivity index is 1.28. The Kier molecular flexibility index (Phi) is 5.13. The molecule has 3 fully saturated rings. The lowest BCUT2D eigenvalue weighted by molar-refractivity contribution is -0.123. The summed E-state index contributed by atoms with van der Waals surface area (Å²) in [6.07, 6.45) is 13.4. The molecule has 1 aliphatic carbocycles. The first-order valence-electron chi connectivity index (χ1n) is 12.0. The number of hydrogen-bond acceptors (Lipinski definition) is 8. The Bertz CT molecular complexity index is 1060. The minimum Gasteiger partial charge on any atom is -0.368 e. The van der Waals surface area contributed by atoms with Crippen molar-refractivity contribution in [2.24, 2.45) is 0 Å². The molecular weight excluding hydrogens is 416 g/mol. The fourth-order valence-corrected chi connectivity index (χ4v) is 5.64. The highest BCUT2D eigenvalue weighted by Gasteiger charge is 2.49. The lowest BCUT2D eigenvalue weighted by Gasteiger charge is -2.54. The van der Waals surface area contributed by atoms with E-state index < -0.39 is 0 Å². The van der Waals surface area contributed by atoms with Crippen molar-refractivity contribution in [1.29, 1.82) is 0 Å². The molecule has 0 radical (unpaired) electrons. The largest absolute Gasteiger partial charge is 0.368 e. The molecule has 9 heteroatoms. The number of piperazine rings is 2. The third-order valence-electron chi connectivity index (χ3n) is 7.39. The standard InChI is InChI=1S/C24H30N8O/c33-22-19-6-4-17-14-27-23(29-20-7-5-18(15-26-20)31-12-10-25-11-13-31)30-21(17)32(19)24(16-28-22)8-2-1-3-9-24/h4-7,14-15,19,25H,1-3,8-13,16H2,(H,28,33)(H,26,27,29,30). The highest BCUT2D eigenvalue weighted by atomic mass is 16.2. The van der Waals surface area contributed by atoms with Gasteiger partial charge in [0.15, 0.2) is 0 Å². The van der Waals surface area contributed by atoms with Gasteiger partial charge in [-0.1, -0.05) is 31.4 Å². The van der Waals surface area contributed by atoms with E-state index in [1.165, 1.54) is 19.3 Å². The molecule has 3 N–H and O–H groups in total. The Labute approximate surface area is 193 Å². The number of hydrogen-bond donors (Lipinski definition) is 3. The second kappa shape index (κ2) is 8.30. The van der Waals surface area contributed by atoms with E-state index in [1.807, 2.05) is 30.6 Å². The van der Waals surface area contributed by atoms with E-state index in [4.69, 9.17) is 4.98 Å². The van der Waals surface area contributed by atoms with Crippen LogP contribution in [0.5, 0.6) is 0 Å². The zero-order valence-corrected chi connectivity index (χ0v) is 18.8. The summed E-state index contributed by atoms with van der Waals surface area (Å²) in [5.41, 5.74) is 2.00. The van der Waals surface area contributed by atoms with Crippen LogP contribution in [0.2, 0.25) is 0 Å². The van der Waals surface area contributed by atoms with Gasteiger partial charge in [-0.15, -0.1) is 0 Å². The van der Waals surface area contributed by atoms with E-state index >= 15 is 0 Å². The maximum absolute atomic E-state index is 12.7. The van der Waals surface area contributed by atoms with Crippen molar-refractivity contribution in [3.05, 3.63) is 36.2 Å². The van der Waals surface area contributed by atoms with Gasteiger partial charge in [-0.3, -0.25) is 4.79 Å². The first kappa shape index (κ1) is 20.4. The van der Waals surface area contributed by atoms with Crippen LogP contribution in [-0.4, -0.2) is 65.2 Å². The summed E-state index contributed by atoms with van der Waals surface area (Å²) in [5.74, 6) is 2.10. The van der Waals surface area contributed by atoms with Gasteiger partial charge in [-0.05, 0) is 25.0 Å². The molecule has 0 aromatic carbocycles. The molecule has 0 bridgehead atoms. The molecule has 4 aliphatic rings. The molecule has 2 aromatic rings. The first-order valence-corrected chi connectivity index (χ1v) is 12.0. The molecule has 1 amide bonds. The summed E-state index contributed by atoms with van der Waals surface area (Å²) in [4.78, 5) is 31.4. The lowest BCUT2D eigenvalue weighted by atomic mass is 9.77. The number of amides is 1. The number of anilines is 4. The maximum Gasteiger partial charge on any atom is 0.246 e. The number of pyridine rings is 1. The van der Waals surface area contributed by atoms with E-state index in [9.17, 15) is 4.79 Å². The maximum atomic E-state index is 12.7. The highest BCUT2D eigenvalue weighted by molar-refractivity contribution is 5.93. The molecule has 2 aromatic heterocycles. The Morgan fingerprint density at radius 2 is 1.91 bits per heavy atom. The van der Waals surface area contributed by atoms with E-state index in [-0.39, 0.29) is 17.5 Å². The zero-order valence-electron chi connectivity index (χ0n) is 18.8. The zero-order chi connectivity index (χ0) is 22.3. The summed E-state index contributed by atoms with van der Waals surface area (Å²) >= 11 is 0. The Morgan fingerprint density at radius 3 is 2.70 bits per heavy atom. The first-order chi connectivity index (χ1) is 16.2. The normalized spacial score (nSPS) is 23.6. The Morgan fingerprint density at radius 1 is 1.06 bits per heavy atom. The van der Waals surface area contributed by atoms with Crippen molar-refractivity contribution >= 4 is 35.3 Å². The average Bonchev–Trinajstić information content (AvgIpc) is 2.87. The van der Waals surface area contributed by atoms with Gasteiger partial charge in [0, 0.05) is 44.5 Å². The molecule has 3 aliphatic heterocycles. The predicted octanol–water partition coefficient (Wildman–Crippen LogP) is 2.06. The Hall–Kier alpha value is -3.20. The number of fused-ring (bicyclic) bond motifs is 4. The average molecular weight is 447 g/mol. The number of carbonyl (C=O) groups is 1. The van der Waals surface area contributed by atoms with Crippen LogP contribution in [0.3, 0.4) is 0 Å².